The number of carbonyl (C=O) groups is 1. The normalized spacial score (nSPS) is 10.9. The average molecular weight is 427 g/mol. The maximum absolute atomic E-state index is 11.8. The van der Waals surface area contributed by atoms with Gasteiger partial charge in [0, 0.05) is 34.8 Å². The van der Waals surface area contributed by atoms with E-state index in [1.54, 1.807) is 6.20 Å². The number of non-ortho nitro benzene ring substituents is 1. The van der Waals surface area contributed by atoms with Gasteiger partial charge in [-0.05, 0) is 42.7 Å². The summed E-state index contributed by atoms with van der Waals surface area (Å²) in [6.45, 7) is 2.17. The molecule has 0 aliphatic rings. The van der Waals surface area contributed by atoms with Crippen LogP contribution in [0, 0.1) is 10.1 Å². The lowest BCUT2D eigenvalue weighted by molar-refractivity contribution is -0.384. The van der Waals surface area contributed by atoms with Gasteiger partial charge in [-0.2, -0.15) is 0 Å². The number of carboxylic acids is 1. The third kappa shape index (κ3) is 4.32. The molecule has 0 radical (unpaired) electrons. The van der Waals surface area contributed by atoms with Gasteiger partial charge in [-0.1, -0.05) is 37.6 Å². The van der Waals surface area contributed by atoms with Crippen LogP contribution >= 0.6 is 0 Å². The Labute approximate surface area is 184 Å². The van der Waals surface area contributed by atoms with Crippen molar-refractivity contribution in [3.8, 4) is 22.5 Å². The lowest BCUT2D eigenvalue weighted by Crippen LogP contribution is -2.01. The predicted molar refractivity (Wildman–Crippen MR) is 123 cm³/mol. The van der Waals surface area contributed by atoms with E-state index in [4.69, 9.17) is 0 Å². The Kier molecular flexibility index (Phi) is 5.89. The van der Waals surface area contributed by atoms with Crippen molar-refractivity contribution >= 4 is 22.6 Å². The Hall–Kier alpha value is -4.13. The van der Waals surface area contributed by atoms with Crippen molar-refractivity contribution < 1.29 is 14.8 Å². The number of rotatable bonds is 7. The van der Waals surface area contributed by atoms with E-state index in [9.17, 15) is 20.0 Å². The monoisotopic (exact) mass is 427 g/mol. The quantitative estimate of drug-likeness (QED) is 0.290. The summed E-state index contributed by atoms with van der Waals surface area (Å²) in [5.41, 5.74) is 4.37. The molecule has 32 heavy (non-hydrogen) atoms. The number of benzene rings is 2. The molecule has 2 heterocycles. The van der Waals surface area contributed by atoms with Crippen LogP contribution in [0.5, 0.6) is 0 Å². The topological polar surface area (TPSA) is 106 Å². The second-order valence-electron chi connectivity index (χ2n) is 7.55. The maximum atomic E-state index is 11.8. The van der Waals surface area contributed by atoms with Gasteiger partial charge in [0.15, 0.2) is 0 Å². The van der Waals surface area contributed by atoms with Gasteiger partial charge in [0.2, 0.25) is 0 Å². The minimum Gasteiger partial charge on any atom is -0.478 e. The number of hydrogen-bond donors (Lipinski definition) is 1. The Morgan fingerprint density at radius 3 is 2.38 bits per heavy atom. The molecular weight excluding hydrogens is 406 g/mol. The summed E-state index contributed by atoms with van der Waals surface area (Å²) in [6, 6.07) is 17.5. The predicted octanol–water partition coefficient (Wildman–Crippen LogP) is 5.91. The number of nitro groups is 1. The van der Waals surface area contributed by atoms with Crippen molar-refractivity contribution in [3.63, 3.8) is 0 Å². The van der Waals surface area contributed by atoms with Crippen molar-refractivity contribution in [2.75, 3.05) is 0 Å². The molecule has 4 rings (SSSR count). The standard InChI is InChI=1S/C25H21N3O4/c1-2-3-4-16-5-7-17(8-6-16)22-11-9-18(15-26-22)24-14-21(25(29)30)20-13-19(28(31)32)10-12-23(20)27-24/h5-15H,2-4H2,1H3,(H,29,30). The summed E-state index contributed by atoms with van der Waals surface area (Å²) in [5.74, 6) is -1.17. The third-order valence-electron chi connectivity index (χ3n) is 5.36. The SMILES string of the molecule is CCCCc1ccc(-c2ccc(-c3cc(C(=O)O)c4cc([N+](=O)[O-])ccc4n3)cn2)cc1. The van der Waals surface area contributed by atoms with E-state index in [0.717, 1.165) is 30.5 Å². The number of aromatic nitrogens is 2. The second kappa shape index (κ2) is 8.93. The minimum absolute atomic E-state index is 0.0413. The molecule has 0 unspecified atom stereocenters. The van der Waals surface area contributed by atoms with Crippen LogP contribution in [0.15, 0.2) is 66.9 Å². The summed E-state index contributed by atoms with van der Waals surface area (Å²) in [7, 11) is 0. The lowest BCUT2D eigenvalue weighted by atomic mass is 10.0. The molecule has 160 valence electrons. The highest BCUT2D eigenvalue weighted by Crippen LogP contribution is 2.28. The molecule has 7 heteroatoms. The molecule has 0 fully saturated rings. The van der Waals surface area contributed by atoms with E-state index in [-0.39, 0.29) is 16.6 Å². The number of nitrogens with zero attached hydrogens (tertiary/aromatic N) is 3. The molecule has 0 atom stereocenters. The van der Waals surface area contributed by atoms with Gasteiger partial charge >= 0.3 is 5.97 Å². The smallest absolute Gasteiger partial charge is 0.336 e. The Morgan fingerprint density at radius 1 is 1.00 bits per heavy atom. The Balaban J connectivity index is 1.67. The Morgan fingerprint density at radius 2 is 1.75 bits per heavy atom. The number of aryl methyl sites for hydroxylation is 1. The van der Waals surface area contributed by atoms with Crippen molar-refractivity contribution in [3.05, 3.63) is 88.1 Å². The number of fused-ring (bicyclic) bond motifs is 1. The molecule has 0 aliphatic carbocycles. The third-order valence-corrected chi connectivity index (χ3v) is 5.36. The summed E-state index contributed by atoms with van der Waals surface area (Å²) < 4.78 is 0. The van der Waals surface area contributed by atoms with E-state index in [1.165, 1.54) is 29.8 Å². The van der Waals surface area contributed by atoms with Gasteiger partial charge in [0.05, 0.1) is 27.4 Å². The molecule has 0 saturated carbocycles. The summed E-state index contributed by atoms with van der Waals surface area (Å²) in [6.07, 6.45) is 5.04. The van der Waals surface area contributed by atoms with Crippen LogP contribution in [0.4, 0.5) is 5.69 Å². The van der Waals surface area contributed by atoms with Gasteiger partial charge in [-0.25, -0.2) is 9.78 Å². The summed E-state index contributed by atoms with van der Waals surface area (Å²) in [4.78, 5) is 31.3. The first-order valence-electron chi connectivity index (χ1n) is 10.3. The summed E-state index contributed by atoms with van der Waals surface area (Å²) >= 11 is 0. The number of aromatic carboxylic acids is 1. The van der Waals surface area contributed by atoms with E-state index in [1.807, 2.05) is 12.1 Å². The number of unbranched alkanes of at least 4 members (excludes halogenated alkanes) is 1. The molecule has 7 nitrogen and oxygen atoms in total. The van der Waals surface area contributed by atoms with E-state index >= 15 is 0 Å². The van der Waals surface area contributed by atoms with Crippen LogP contribution in [-0.2, 0) is 6.42 Å². The zero-order valence-electron chi connectivity index (χ0n) is 17.5. The molecule has 4 aromatic rings. The zero-order valence-corrected chi connectivity index (χ0v) is 17.5. The van der Waals surface area contributed by atoms with Crippen molar-refractivity contribution in [1.29, 1.82) is 0 Å². The molecule has 2 aromatic heterocycles. The fourth-order valence-corrected chi connectivity index (χ4v) is 3.59. The van der Waals surface area contributed by atoms with Gasteiger partial charge < -0.3 is 5.11 Å². The molecule has 0 amide bonds. The highest BCUT2D eigenvalue weighted by atomic mass is 16.6. The average Bonchev–Trinajstić information content (AvgIpc) is 2.82. The van der Waals surface area contributed by atoms with Crippen LogP contribution in [0.1, 0.15) is 35.7 Å². The van der Waals surface area contributed by atoms with Crippen LogP contribution in [-0.4, -0.2) is 26.0 Å². The molecule has 0 aliphatic heterocycles. The first-order chi connectivity index (χ1) is 15.5. The van der Waals surface area contributed by atoms with E-state index in [0.29, 0.717) is 16.8 Å². The second-order valence-corrected chi connectivity index (χ2v) is 7.55. The summed E-state index contributed by atoms with van der Waals surface area (Å²) in [5, 5.41) is 20.9. The van der Waals surface area contributed by atoms with Crippen molar-refractivity contribution in [2.24, 2.45) is 0 Å². The van der Waals surface area contributed by atoms with Gasteiger partial charge in [-0.15, -0.1) is 0 Å². The number of carboxylic acid groups (broad SMARTS) is 1. The largest absolute Gasteiger partial charge is 0.478 e. The van der Waals surface area contributed by atoms with Crippen LogP contribution in [0.2, 0.25) is 0 Å². The maximum Gasteiger partial charge on any atom is 0.336 e. The number of pyridine rings is 2. The molecule has 0 saturated heterocycles. The van der Waals surface area contributed by atoms with Crippen LogP contribution in [0.3, 0.4) is 0 Å². The molecule has 1 N–H and O–H groups in total. The van der Waals surface area contributed by atoms with E-state index in [2.05, 4.69) is 41.2 Å². The van der Waals surface area contributed by atoms with Gasteiger partial charge in [-0.3, -0.25) is 15.1 Å². The first-order valence-corrected chi connectivity index (χ1v) is 10.3. The van der Waals surface area contributed by atoms with Crippen LogP contribution in [0.25, 0.3) is 33.4 Å². The fourth-order valence-electron chi connectivity index (χ4n) is 3.59. The first kappa shape index (κ1) is 21.1. The van der Waals surface area contributed by atoms with E-state index < -0.39 is 10.9 Å². The molecule has 0 bridgehead atoms. The van der Waals surface area contributed by atoms with Crippen molar-refractivity contribution in [1.82, 2.24) is 9.97 Å². The zero-order chi connectivity index (χ0) is 22.7. The molecule has 0 spiro atoms. The lowest BCUT2D eigenvalue weighted by Gasteiger charge is -2.08. The number of hydrogen-bond acceptors (Lipinski definition) is 5. The fraction of sp³-hybridized carbons (Fsp3) is 0.160. The molecular formula is C25H21N3O4. The minimum atomic E-state index is -1.17. The molecule has 2 aromatic carbocycles. The van der Waals surface area contributed by atoms with Crippen molar-refractivity contribution in [2.45, 2.75) is 26.2 Å². The number of nitro benzene ring substituents is 1. The Bertz CT molecular complexity index is 1300. The van der Waals surface area contributed by atoms with Gasteiger partial charge in [0.25, 0.3) is 5.69 Å². The van der Waals surface area contributed by atoms with Crippen LogP contribution < -0.4 is 0 Å². The van der Waals surface area contributed by atoms with Gasteiger partial charge in [0.1, 0.15) is 0 Å². The highest BCUT2D eigenvalue weighted by Gasteiger charge is 2.16. The highest BCUT2D eigenvalue weighted by molar-refractivity contribution is 6.04.